The lowest BCUT2D eigenvalue weighted by Gasteiger charge is -1.87. The normalized spacial score (nSPS) is 21.1. The van der Waals surface area contributed by atoms with Crippen molar-refractivity contribution in [3.63, 3.8) is 0 Å². The number of nitrogens with one attached hydrogen (secondary N) is 1. The van der Waals surface area contributed by atoms with Crippen LogP contribution in [0.3, 0.4) is 0 Å². The largest absolute Gasteiger partial charge is 0.369 e. The van der Waals surface area contributed by atoms with Crippen LogP contribution < -0.4 is 11.1 Å². The molecule has 0 saturated heterocycles. The van der Waals surface area contributed by atoms with Crippen molar-refractivity contribution in [2.24, 2.45) is 10.7 Å². The Morgan fingerprint density at radius 3 is 2.90 bits per heavy atom. The van der Waals surface area contributed by atoms with E-state index in [0.717, 1.165) is 6.42 Å². The minimum Gasteiger partial charge on any atom is -0.369 e. The molecule has 0 atom stereocenters. The maximum Gasteiger partial charge on any atom is 0.276 e. The molecule has 4 heteroatoms. The van der Waals surface area contributed by atoms with Gasteiger partial charge in [0.25, 0.3) is 5.91 Å². The summed E-state index contributed by atoms with van der Waals surface area (Å²) in [6, 6.07) is 0. The molecule has 0 spiro atoms. The van der Waals surface area contributed by atoms with Crippen LogP contribution in [-0.2, 0) is 4.79 Å². The average molecular weight is 139 g/mol. The number of hydrogen-bond donors (Lipinski definition) is 2. The van der Waals surface area contributed by atoms with Gasteiger partial charge in [-0.3, -0.25) is 10.1 Å². The monoisotopic (exact) mass is 139 g/mol. The number of guanidine groups is 1. The quantitative estimate of drug-likeness (QED) is 0.491. The Bertz CT molecular complexity index is 217. The first-order valence-corrected chi connectivity index (χ1v) is 3.09. The zero-order valence-electron chi connectivity index (χ0n) is 5.72. The Balaban J connectivity index is 2.79. The molecule has 1 aliphatic rings. The Morgan fingerprint density at radius 2 is 2.50 bits per heavy atom. The lowest BCUT2D eigenvalue weighted by Crippen LogP contribution is -2.30. The van der Waals surface area contributed by atoms with E-state index in [9.17, 15) is 4.79 Å². The lowest BCUT2D eigenvalue weighted by atomic mass is 10.3. The third-order valence-electron chi connectivity index (χ3n) is 1.11. The number of allylic oxidation sites excluding steroid dienone is 1. The summed E-state index contributed by atoms with van der Waals surface area (Å²) in [5.74, 6) is -0.0240. The molecule has 1 rings (SSSR count). The van der Waals surface area contributed by atoms with Crippen LogP contribution in [0.15, 0.2) is 16.8 Å². The van der Waals surface area contributed by atoms with Crippen LogP contribution in [-0.4, -0.2) is 11.9 Å². The molecule has 54 valence electrons. The fraction of sp³-hybridized carbons (Fsp3) is 0.333. The van der Waals surface area contributed by atoms with E-state index in [1.165, 1.54) is 0 Å². The third kappa shape index (κ3) is 1.15. The standard InChI is InChI=1S/C6H9N3O/c1-2-3-4-5(10)9-6(7)8-4/h3H,2H2,1H3,(H3,7,8,9,10)/b4-3-. The van der Waals surface area contributed by atoms with Crippen molar-refractivity contribution >= 4 is 11.9 Å². The van der Waals surface area contributed by atoms with Crippen LogP contribution in [0, 0.1) is 0 Å². The summed E-state index contributed by atoms with van der Waals surface area (Å²) in [4.78, 5) is 14.6. The van der Waals surface area contributed by atoms with E-state index >= 15 is 0 Å². The maximum atomic E-state index is 10.8. The SMILES string of the molecule is CC/C=C1\N=C(N)NC1=O. The third-order valence-corrected chi connectivity index (χ3v) is 1.11. The molecule has 0 radical (unpaired) electrons. The minimum absolute atomic E-state index is 0.185. The smallest absolute Gasteiger partial charge is 0.276 e. The summed E-state index contributed by atoms with van der Waals surface area (Å²) >= 11 is 0. The van der Waals surface area contributed by atoms with Gasteiger partial charge in [0, 0.05) is 0 Å². The second-order valence-corrected chi connectivity index (χ2v) is 1.95. The highest BCUT2D eigenvalue weighted by Crippen LogP contribution is 2.03. The number of nitrogens with two attached hydrogens (primary N) is 1. The van der Waals surface area contributed by atoms with Crippen molar-refractivity contribution in [3.8, 4) is 0 Å². The van der Waals surface area contributed by atoms with Gasteiger partial charge >= 0.3 is 0 Å². The fourth-order valence-corrected chi connectivity index (χ4v) is 0.721. The van der Waals surface area contributed by atoms with Gasteiger partial charge in [0.15, 0.2) is 0 Å². The molecular weight excluding hydrogens is 130 g/mol. The summed E-state index contributed by atoms with van der Waals surface area (Å²) in [6.45, 7) is 1.93. The number of rotatable bonds is 1. The Kier molecular flexibility index (Phi) is 1.71. The summed E-state index contributed by atoms with van der Waals surface area (Å²) in [7, 11) is 0. The first-order chi connectivity index (χ1) is 4.74. The van der Waals surface area contributed by atoms with Crippen LogP contribution in [0.5, 0.6) is 0 Å². The van der Waals surface area contributed by atoms with Gasteiger partial charge in [0.2, 0.25) is 5.96 Å². The van der Waals surface area contributed by atoms with Crippen molar-refractivity contribution < 1.29 is 4.79 Å². The molecule has 0 aromatic carbocycles. The number of aliphatic imine (C=N–C) groups is 1. The van der Waals surface area contributed by atoms with Gasteiger partial charge in [-0.15, -0.1) is 0 Å². The maximum absolute atomic E-state index is 10.8. The summed E-state index contributed by atoms with van der Waals surface area (Å²) in [5.41, 5.74) is 5.64. The number of hydrogen-bond acceptors (Lipinski definition) is 3. The molecule has 1 heterocycles. The highest BCUT2D eigenvalue weighted by Gasteiger charge is 2.15. The van der Waals surface area contributed by atoms with Gasteiger partial charge in [-0.1, -0.05) is 13.0 Å². The Labute approximate surface area is 58.8 Å². The molecule has 0 fully saturated rings. The van der Waals surface area contributed by atoms with Crippen molar-refractivity contribution in [2.45, 2.75) is 13.3 Å². The molecule has 0 saturated carbocycles. The number of amides is 1. The second-order valence-electron chi connectivity index (χ2n) is 1.95. The molecule has 0 bridgehead atoms. The Morgan fingerprint density at radius 1 is 1.80 bits per heavy atom. The predicted molar refractivity (Wildman–Crippen MR) is 38.1 cm³/mol. The molecular formula is C6H9N3O. The Hall–Kier alpha value is -1.32. The van der Waals surface area contributed by atoms with Gasteiger partial charge in [-0.25, -0.2) is 4.99 Å². The minimum atomic E-state index is -0.209. The summed E-state index contributed by atoms with van der Waals surface area (Å²) < 4.78 is 0. The first kappa shape index (κ1) is 6.80. The zero-order chi connectivity index (χ0) is 7.56. The van der Waals surface area contributed by atoms with Crippen molar-refractivity contribution in [2.75, 3.05) is 0 Å². The summed E-state index contributed by atoms with van der Waals surface area (Å²) in [6.07, 6.45) is 2.52. The molecule has 3 N–H and O–H groups in total. The predicted octanol–water partition coefficient (Wildman–Crippen LogP) is -0.275. The van der Waals surface area contributed by atoms with Gasteiger partial charge in [-0.2, -0.15) is 0 Å². The topological polar surface area (TPSA) is 67.5 Å². The van der Waals surface area contributed by atoms with Crippen LogP contribution >= 0.6 is 0 Å². The highest BCUT2D eigenvalue weighted by molar-refractivity contribution is 6.10. The average Bonchev–Trinajstić information content (AvgIpc) is 2.13. The molecule has 4 nitrogen and oxygen atoms in total. The van der Waals surface area contributed by atoms with Crippen LogP contribution in [0.4, 0.5) is 0 Å². The highest BCUT2D eigenvalue weighted by atomic mass is 16.2. The molecule has 0 unspecified atom stereocenters. The molecule has 0 aromatic heterocycles. The molecule has 10 heavy (non-hydrogen) atoms. The molecule has 1 amide bonds. The van der Waals surface area contributed by atoms with E-state index in [4.69, 9.17) is 5.73 Å². The van der Waals surface area contributed by atoms with Gasteiger partial charge in [0.1, 0.15) is 5.70 Å². The fourth-order valence-electron chi connectivity index (χ4n) is 0.721. The molecule has 0 aromatic rings. The van der Waals surface area contributed by atoms with Crippen LogP contribution in [0.25, 0.3) is 0 Å². The summed E-state index contributed by atoms with van der Waals surface area (Å²) in [5, 5.41) is 2.37. The van der Waals surface area contributed by atoms with Crippen LogP contribution in [0.2, 0.25) is 0 Å². The number of carbonyl (C=O) groups excluding carboxylic acids is 1. The number of nitrogens with zero attached hydrogens (tertiary/aromatic N) is 1. The van der Waals surface area contributed by atoms with E-state index in [1.807, 2.05) is 6.92 Å². The van der Waals surface area contributed by atoms with Crippen LogP contribution in [0.1, 0.15) is 13.3 Å². The van der Waals surface area contributed by atoms with Gasteiger partial charge < -0.3 is 5.73 Å². The van der Waals surface area contributed by atoms with E-state index in [1.54, 1.807) is 6.08 Å². The number of carbonyl (C=O) groups is 1. The van der Waals surface area contributed by atoms with Crippen molar-refractivity contribution in [3.05, 3.63) is 11.8 Å². The molecule has 0 aliphatic carbocycles. The van der Waals surface area contributed by atoms with Gasteiger partial charge in [0.05, 0.1) is 0 Å². The van der Waals surface area contributed by atoms with Crippen molar-refractivity contribution in [1.82, 2.24) is 5.32 Å². The van der Waals surface area contributed by atoms with E-state index in [2.05, 4.69) is 10.3 Å². The molecule has 1 aliphatic heterocycles. The first-order valence-electron chi connectivity index (χ1n) is 3.09. The lowest BCUT2D eigenvalue weighted by molar-refractivity contribution is -0.115. The zero-order valence-corrected chi connectivity index (χ0v) is 5.72. The van der Waals surface area contributed by atoms with E-state index in [-0.39, 0.29) is 11.9 Å². The van der Waals surface area contributed by atoms with Gasteiger partial charge in [-0.05, 0) is 6.42 Å². The van der Waals surface area contributed by atoms with E-state index in [0.29, 0.717) is 5.70 Å². The van der Waals surface area contributed by atoms with Crippen molar-refractivity contribution in [1.29, 1.82) is 0 Å². The van der Waals surface area contributed by atoms with E-state index < -0.39 is 0 Å². The second kappa shape index (κ2) is 2.51.